The summed E-state index contributed by atoms with van der Waals surface area (Å²) in [4.78, 5) is 15.4. The fourth-order valence-corrected chi connectivity index (χ4v) is 2.09. The van der Waals surface area contributed by atoms with E-state index in [0.29, 0.717) is 10.6 Å². The number of halogens is 3. The number of benzene rings is 1. The Morgan fingerprint density at radius 2 is 2.11 bits per heavy atom. The molecule has 0 aliphatic carbocycles. The van der Waals surface area contributed by atoms with Crippen LogP contribution in [-0.2, 0) is 0 Å². The topological polar surface area (TPSA) is 42.0 Å². The molecule has 0 bridgehead atoms. The van der Waals surface area contributed by atoms with Crippen LogP contribution in [0.4, 0.5) is 10.2 Å². The van der Waals surface area contributed by atoms with Crippen LogP contribution >= 0.6 is 27.5 Å². The summed E-state index contributed by atoms with van der Waals surface area (Å²) in [7, 11) is 0. The summed E-state index contributed by atoms with van der Waals surface area (Å²) >= 11 is 9.18. The molecule has 0 saturated heterocycles. The van der Waals surface area contributed by atoms with Crippen molar-refractivity contribution in [3.63, 3.8) is 0 Å². The van der Waals surface area contributed by atoms with Gasteiger partial charge in [-0.15, -0.1) is 0 Å². The van der Waals surface area contributed by atoms with Crippen molar-refractivity contribution in [3.05, 3.63) is 57.4 Å². The van der Waals surface area contributed by atoms with Crippen LogP contribution in [-0.4, -0.2) is 10.9 Å². The Hall–Kier alpha value is -1.46. The van der Waals surface area contributed by atoms with E-state index in [0.717, 1.165) is 4.47 Å². The third kappa shape index (κ3) is 3.05. The predicted molar refractivity (Wildman–Crippen MR) is 71.3 cm³/mol. The summed E-state index contributed by atoms with van der Waals surface area (Å²) in [6.07, 6.45) is 0. The Labute approximate surface area is 116 Å². The SMILES string of the molecule is O=C(Nc1cccc(F)n1)c1ccc(Br)cc1Cl. The zero-order chi connectivity index (χ0) is 13.1. The molecule has 18 heavy (non-hydrogen) atoms. The second kappa shape index (κ2) is 5.46. The number of hydrogen-bond donors (Lipinski definition) is 1. The van der Waals surface area contributed by atoms with Crippen LogP contribution in [0, 0.1) is 5.95 Å². The van der Waals surface area contributed by atoms with E-state index in [9.17, 15) is 9.18 Å². The highest BCUT2D eigenvalue weighted by molar-refractivity contribution is 9.10. The van der Waals surface area contributed by atoms with Gasteiger partial charge in [0.1, 0.15) is 5.82 Å². The molecule has 0 aliphatic heterocycles. The first-order valence-electron chi connectivity index (χ1n) is 4.95. The molecular formula is C12H7BrClFN2O. The highest BCUT2D eigenvalue weighted by atomic mass is 79.9. The number of nitrogens with one attached hydrogen (secondary N) is 1. The highest BCUT2D eigenvalue weighted by Crippen LogP contribution is 2.22. The van der Waals surface area contributed by atoms with Crippen LogP contribution in [0.2, 0.25) is 5.02 Å². The second-order valence-electron chi connectivity index (χ2n) is 3.42. The van der Waals surface area contributed by atoms with E-state index in [2.05, 4.69) is 26.2 Å². The molecule has 92 valence electrons. The van der Waals surface area contributed by atoms with Gasteiger partial charge in [-0.25, -0.2) is 4.98 Å². The summed E-state index contributed by atoms with van der Waals surface area (Å²) < 4.78 is 13.6. The maximum absolute atomic E-state index is 12.9. The molecule has 0 fully saturated rings. The van der Waals surface area contributed by atoms with Gasteiger partial charge in [-0.1, -0.05) is 33.6 Å². The largest absolute Gasteiger partial charge is 0.306 e. The second-order valence-corrected chi connectivity index (χ2v) is 4.75. The molecule has 1 amide bonds. The lowest BCUT2D eigenvalue weighted by atomic mass is 10.2. The summed E-state index contributed by atoms with van der Waals surface area (Å²) in [6, 6.07) is 9.02. The smallest absolute Gasteiger partial charge is 0.258 e. The maximum atomic E-state index is 12.9. The number of carbonyl (C=O) groups is 1. The van der Waals surface area contributed by atoms with Crippen molar-refractivity contribution in [2.75, 3.05) is 5.32 Å². The van der Waals surface area contributed by atoms with Crippen LogP contribution in [0.15, 0.2) is 40.9 Å². The zero-order valence-corrected chi connectivity index (χ0v) is 11.3. The van der Waals surface area contributed by atoms with Gasteiger partial charge < -0.3 is 5.32 Å². The molecule has 2 aromatic rings. The lowest BCUT2D eigenvalue weighted by Gasteiger charge is -2.06. The van der Waals surface area contributed by atoms with Gasteiger partial charge in [-0.2, -0.15) is 4.39 Å². The fraction of sp³-hybridized carbons (Fsp3) is 0. The number of rotatable bonds is 2. The van der Waals surface area contributed by atoms with Crippen LogP contribution in [0.3, 0.4) is 0 Å². The van der Waals surface area contributed by atoms with E-state index in [1.807, 2.05) is 0 Å². The number of carbonyl (C=O) groups excluding carboxylic acids is 1. The Balaban J connectivity index is 2.22. The van der Waals surface area contributed by atoms with Crippen molar-refractivity contribution < 1.29 is 9.18 Å². The number of nitrogens with zero attached hydrogens (tertiary/aromatic N) is 1. The van der Waals surface area contributed by atoms with Crippen molar-refractivity contribution >= 4 is 39.3 Å². The van der Waals surface area contributed by atoms with Crippen molar-refractivity contribution in [2.45, 2.75) is 0 Å². The standard InChI is InChI=1S/C12H7BrClFN2O/c13-7-4-5-8(9(14)6-7)12(18)17-11-3-1-2-10(15)16-11/h1-6H,(H,16,17,18). The average molecular weight is 330 g/mol. The summed E-state index contributed by atoms with van der Waals surface area (Å²) in [6.45, 7) is 0. The highest BCUT2D eigenvalue weighted by Gasteiger charge is 2.11. The summed E-state index contributed by atoms with van der Waals surface area (Å²) in [5.74, 6) is -0.959. The van der Waals surface area contributed by atoms with Gasteiger partial charge >= 0.3 is 0 Å². The molecule has 0 aliphatic rings. The van der Waals surface area contributed by atoms with Crippen molar-refractivity contribution in [2.24, 2.45) is 0 Å². The first-order chi connectivity index (χ1) is 8.56. The van der Waals surface area contributed by atoms with Crippen LogP contribution in [0.5, 0.6) is 0 Å². The normalized spacial score (nSPS) is 10.2. The Bertz CT molecular complexity index is 606. The van der Waals surface area contributed by atoms with E-state index in [4.69, 9.17) is 11.6 Å². The first-order valence-corrected chi connectivity index (χ1v) is 6.12. The predicted octanol–water partition coefficient (Wildman–Crippen LogP) is 3.89. The van der Waals surface area contributed by atoms with Gasteiger partial charge in [0.15, 0.2) is 0 Å². The van der Waals surface area contributed by atoms with E-state index < -0.39 is 11.9 Å². The lowest BCUT2D eigenvalue weighted by Crippen LogP contribution is -2.13. The quantitative estimate of drug-likeness (QED) is 0.849. The molecule has 1 N–H and O–H groups in total. The first kappa shape index (κ1) is 13.0. The molecular weight excluding hydrogens is 322 g/mol. The van der Waals surface area contributed by atoms with Crippen molar-refractivity contribution in [1.29, 1.82) is 0 Å². The molecule has 0 spiro atoms. The van der Waals surface area contributed by atoms with Gasteiger partial charge in [-0.05, 0) is 30.3 Å². The maximum Gasteiger partial charge on any atom is 0.258 e. The molecule has 3 nitrogen and oxygen atoms in total. The molecule has 0 atom stereocenters. The fourth-order valence-electron chi connectivity index (χ4n) is 1.34. The number of pyridine rings is 1. The Kier molecular flexibility index (Phi) is 3.93. The number of amides is 1. The Morgan fingerprint density at radius 3 is 2.78 bits per heavy atom. The van der Waals surface area contributed by atoms with Gasteiger partial charge in [0.25, 0.3) is 5.91 Å². The van der Waals surface area contributed by atoms with Gasteiger partial charge in [0.2, 0.25) is 5.95 Å². The van der Waals surface area contributed by atoms with E-state index >= 15 is 0 Å². The molecule has 1 aromatic carbocycles. The monoisotopic (exact) mass is 328 g/mol. The van der Waals surface area contributed by atoms with E-state index in [-0.39, 0.29) is 5.82 Å². The third-order valence-corrected chi connectivity index (χ3v) is 2.94. The average Bonchev–Trinajstić information content (AvgIpc) is 2.28. The Morgan fingerprint density at radius 1 is 1.33 bits per heavy atom. The van der Waals surface area contributed by atoms with E-state index in [1.54, 1.807) is 18.2 Å². The van der Waals surface area contributed by atoms with Crippen LogP contribution in [0.1, 0.15) is 10.4 Å². The minimum Gasteiger partial charge on any atom is -0.306 e. The molecule has 0 radical (unpaired) electrons. The minimum absolute atomic E-state index is 0.138. The molecule has 1 heterocycles. The van der Waals surface area contributed by atoms with Gasteiger partial charge in [0, 0.05) is 4.47 Å². The lowest BCUT2D eigenvalue weighted by molar-refractivity contribution is 0.102. The van der Waals surface area contributed by atoms with Crippen molar-refractivity contribution in [3.8, 4) is 0 Å². The number of hydrogen-bond acceptors (Lipinski definition) is 2. The molecule has 0 unspecified atom stereocenters. The van der Waals surface area contributed by atoms with Crippen LogP contribution in [0.25, 0.3) is 0 Å². The number of aromatic nitrogens is 1. The van der Waals surface area contributed by atoms with Gasteiger partial charge in [-0.3, -0.25) is 4.79 Å². The van der Waals surface area contributed by atoms with Crippen molar-refractivity contribution in [1.82, 2.24) is 4.98 Å². The molecule has 1 aromatic heterocycles. The minimum atomic E-state index is -0.658. The molecule has 2 rings (SSSR count). The van der Waals surface area contributed by atoms with Gasteiger partial charge in [0.05, 0.1) is 10.6 Å². The molecule has 0 saturated carbocycles. The van der Waals surface area contributed by atoms with E-state index in [1.165, 1.54) is 18.2 Å². The summed E-state index contributed by atoms with van der Waals surface area (Å²) in [5, 5.41) is 2.77. The third-order valence-electron chi connectivity index (χ3n) is 2.13. The number of anilines is 1. The zero-order valence-electron chi connectivity index (χ0n) is 8.95. The summed E-state index contributed by atoms with van der Waals surface area (Å²) in [5.41, 5.74) is 0.297. The molecule has 6 heteroatoms. The van der Waals surface area contributed by atoms with Crippen LogP contribution < -0.4 is 5.32 Å².